The molecule has 1 aliphatic heterocycles. The number of pyridine rings is 1. The summed E-state index contributed by atoms with van der Waals surface area (Å²) in [7, 11) is 0. The number of carbonyl (C=O) groups is 2. The smallest absolute Gasteiger partial charge is 0.251 e. The van der Waals surface area contributed by atoms with E-state index in [1.165, 1.54) is 0 Å². The van der Waals surface area contributed by atoms with Gasteiger partial charge in [-0.1, -0.05) is 6.92 Å². The predicted molar refractivity (Wildman–Crippen MR) is 81.3 cm³/mol. The third-order valence-corrected chi connectivity index (χ3v) is 3.45. The molecule has 0 bridgehead atoms. The topological polar surface area (TPSA) is 83.1 Å². The summed E-state index contributed by atoms with van der Waals surface area (Å²) in [4.78, 5) is 27.8. The second-order valence-corrected chi connectivity index (χ2v) is 5.13. The van der Waals surface area contributed by atoms with Crippen LogP contribution in [0.1, 0.15) is 42.7 Å². The SMILES string of the molecule is CCNc1cc(C(=O)NCC2CCC(=O)N2)cc(CC)n1. The van der Waals surface area contributed by atoms with Crippen molar-refractivity contribution >= 4 is 17.6 Å². The van der Waals surface area contributed by atoms with Crippen LogP contribution in [0, 0.1) is 0 Å². The number of carbonyl (C=O) groups excluding carboxylic acids is 2. The summed E-state index contributed by atoms with van der Waals surface area (Å²) in [5.74, 6) is 0.643. The van der Waals surface area contributed by atoms with Crippen molar-refractivity contribution in [1.29, 1.82) is 0 Å². The van der Waals surface area contributed by atoms with Gasteiger partial charge in [0.25, 0.3) is 5.91 Å². The Morgan fingerprint density at radius 1 is 1.43 bits per heavy atom. The van der Waals surface area contributed by atoms with Gasteiger partial charge in [-0.15, -0.1) is 0 Å². The van der Waals surface area contributed by atoms with Gasteiger partial charge in [0.05, 0.1) is 0 Å². The van der Waals surface area contributed by atoms with Crippen LogP contribution in [0.2, 0.25) is 0 Å². The Morgan fingerprint density at radius 3 is 2.86 bits per heavy atom. The molecule has 2 heterocycles. The lowest BCUT2D eigenvalue weighted by Gasteiger charge is -2.12. The number of nitrogens with one attached hydrogen (secondary N) is 3. The van der Waals surface area contributed by atoms with Crippen LogP contribution in [0.5, 0.6) is 0 Å². The van der Waals surface area contributed by atoms with E-state index in [4.69, 9.17) is 0 Å². The molecule has 3 N–H and O–H groups in total. The average Bonchev–Trinajstić information content (AvgIpc) is 2.90. The van der Waals surface area contributed by atoms with Crippen molar-refractivity contribution in [1.82, 2.24) is 15.6 Å². The van der Waals surface area contributed by atoms with Crippen molar-refractivity contribution in [3.05, 3.63) is 23.4 Å². The van der Waals surface area contributed by atoms with E-state index >= 15 is 0 Å². The minimum atomic E-state index is -0.132. The van der Waals surface area contributed by atoms with Gasteiger partial charge < -0.3 is 16.0 Å². The summed E-state index contributed by atoms with van der Waals surface area (Å²) in [6.07, 6.45) is 2.09. The van der Waals surface area contributed by atoms with E-state index in [1.807, 2.05) is 19.9 Å². The molecule has 0 aromatic carbocycles. The van der Waals surface area contributed by atoms with E-state index in [0.29, 0.717) is 18.5 Å². The molecule has 2 rings (SSSR count). The molecule has 1 aromatic heterocycles. The molecule has 0 saturated carbocycles. The number of aromatic nitrogens is 1. The maximum absolute atomic E-state index is 12.2. The summed E-state index contributed by atoms with van der Waals surface area (Å²) in [6, 6.07) is 3.61. The lowest BCUT2D eigenvalue weighted by Crippen LogP contribution is -2.38. The first kappa shape index (κ1) is 15.3. The third kappa shape index (κ3) is 4.18. The minimum absolute atomic E-state index is 0.0437. The molecule has 21 heavy (non-hydrogen) atoms. The molecular formula is C15H22N4O2. The number of amides is 2. The molecule has 6 nitrogen and oxygen atoms in total. The molecule has 1 unspecified atom stereocenters. The van der Waals surface area contributed by atoms with Gasteiger partial charge in [0.1, 0.15) is 5.82 Å². The second-order valence-electron chi connectivity index (χ2n) is 5.13. The lowest BCUT2D eigenvalue weighted by molar-refractivity contribution is -0.119. The van der Waals surface area contributed by atoms with Crippen LogP contribution in [-0.2, 0) is 11.2 Å². The molecule has 1 aliphatic rings. The zero-order chi connectivity index (χ0) is 15.2. The van der Waals surface area contributed by atoms with E-state index in [2.05, 4.69) is 20.9 Å². The molecule has 6 heteroatoms. The van der Waals surface area contributed by atoms with Crippen LogP contribution < -0.4 is 16.0 Å². The molecule has 0 spiro atoms. The highest BCUT2D eigenvalue weighted by Crippen LogP contribution is 2.12. The van der Waals surface area contributed by atoms with Crippen molar-refractivity contribution in [2.75, 3.05) is 18.4 Å². The van der Waals surface area contributed by atoms with E-state index < -0.39 is 0 Å². The first-order valence-corrected chi connectivity index (χ1v) is 7.44. The summed E-state index contributed by atoms with van der Waals surface area (Å²) in [6.45, 7) is 5.22. The zero-order valence-electron chi connectivity index (χ0n) is 12.5. The van der Waals surface area contributed by atoms with Gasteiger partial charge in [0, 0.05) is 36.8 Å². The summed E-state index contributed by atoms with van der Waals surface area (Å²) in [5, 5.41) is 8.84. The van der Waals surface area contributed by atoms with Crippen LogP contribution in [0.4, 0.5) is 5.82 Å². The quantitative estimate of drug-likeness (QED) is 0.732. The normalized spacial score (nSPS) is 17.4. The number of nitrogens with zero attached hydrogens (tertiary/aromatic N) is 1. The predicted octanol–water partition coefficient (Wildman–Crippen LogP) is 1.08. The van der Waals surface area contributed by atoms with Gasteiger partial charge >= 0.3 is 0 Å². The average molecular weight is 290 g/mol. The maximum atomic E-state index is 12.2. The van der Waals surface area contributed by atoms with Crippen LogP contribution in [0.3, 0.4) is 0 Å². The fraction of sp³-hybridized carbons (Fsp3) is 0.533. The number of rotatable bonds is 6. The van der Waals surface area contributed by atoms with Crippen molar-refractivity contribution in [3.63, 3.8) is 0 Å². The van der Waals surface area contributed by atoms with E-state index in [9.17, 15) is 9.59 Å². The maximum Gasteiger partial charge on any atom is 0.251 e. The van der Waals surface area contributed by atoms with Gasteiger partial charge in [-0.2, -0.15) is 0 Å². The van der Waals surface area contributed by atoms with Gasteiger partial charge in [-0.3, -0.25) is 9.59 Å². The molecule has 1 atom stereocenters. The summed E-state index contributed by atoms with van der Waals surface area (Å²) in [5.41, 5.74) is 1.48. The highest BCUT2D eigenvalue weighted by molar-refractivity contribution is 5.95. The minimum Gasteiger partial charge on any atom is -0.370 e. The fourth-order valence-corrected chi connectivity index (χ4v) is 2.32. The largest absolute Gasteiger partial charge is 0.370 e. The second kappa shape index (κ2) is 7.06. The summed E-state index contributed by atoms with van der Waals surface area (Å²) < 4.78 is 0. The number of aryl methyl sites for hydroxylation is 1. The Balaban J connectivity index is 2.00. The highest BCUT2D eigenvalue weighted by atomic mass is 16.2. The molecule has 0 aliphatic carbocycles. The Hall–Kier alpha value is -2.11. The molecular weight excluding hydrogens is 268 g/mol. The van der Waals surface area contributed by atoms with Gasteiger partial charge in [-0.25, -0.2) is 4.98 Å². The Bertz CT molecular complexity index is 530. The number of anilines is 1. The molecule has 2 amide bonds. The number of hydrogen-bond acceptors (Lipinski definition) is 4. The molecule has 114 valence electrons. The van der Waals surface area contributed by atoms with E-state index in [-0.39, 0.29) is 17.9 Å². The van der Waals surface area contributed by atoms with E-state index in [1.54, 1.807) is 6.07 Å². The molecule has 1 saturated heterocycles. The van der Waals surface area contributed by atoms with Crippen LogP contribution in [0.15, 0.2) is 12.1 Å². The van der Waals surface area contributed by atoms with Crippen LogP contribution >= 0.6 is 0 Å². The Morgan fingerprint density at radius 2 is 2.24 bits per heavy atom. The van der Waals surface area contributed by atoms with Gasteiger partial charge in [0.15, 0.2) is 0 Å². The van der Waals surface area contributed by atoms with Gasteiger partial charge in [0.2, 0.25) is 5.91 Å². The van der Waals surface area contributed by atoms with Crippen molar-refractivity contribution in [2.45, 2.75) is 39.2 Å². The first-order chi connectivity index (χ1) is 10.1. The van der Waals surface area contributed by atoms with Crippen LogP contribution in [-0.4, -0.2) is 35.9 Å². The molecule has 1 aromatic rings. The fourth-order valence-electron chi connectivity index (χ4n) is 2.32. The Labute approximate surface area is 124 Å². The standard InChI is InChI=1S/C15H22N4O2/c1-3-11-7-10(8-13(18-11)16-4-2)15(21)17-9-12-5-6-14(20)19-12/h7-8,12H,3-6,9H2,1-2H3,(H,16,18)(H,17,21)(H,19,20). The Kier molecular flexibility index (Phi) is 5.14. The number of hydrogen-bond donors (Lipinski definition) is 3. The van der Waals surface area contributed by atoms with Crippen molar-refractivity contribution in [2.24, 2.45) is 0 Å². The van der Waals surface area contributed by atoms with E-state index in [0.717, 1.165) is 30.9 Å². The summed E-state index contributed by atoms with van der Waals surface area (Å²) >= 11 is 0. The van der Waals surface area contributed by atoms with Gasteiger partial charge in [-0.05, 0) is 31.9 Å². The lowest BCUT2D eigenvalue weighted by atomic mass is 10.1. The molecule has 0 radical (unpaired) electrons. The first-order valence-electron chi connectivity index (χ1n) is 7.44. The third-order valence-electron chi connectivity index (χ3n) is 3.45. The zero-order valence-corrected chi connectivity index (χ0v) is 12.5. The monoisotopic (exact) mass is 290 g/mol. The van der Waals surface area contributed by atoms with Crippen molar-refractivity contribution < 1.29 is 9.59 Å². The molecule has 1 fully saturated rings. The van der Waals surface area contributed by atoms with Crippen LogP contribution in [0.25, 0.3) is 0 Å². The van der Waals surface area contributed by atoms with Crippen molar-refractivity contribution in [3.8, 4) is 0 Å². The highest BCUT2D eigenvalue weighted by Gasteiger charge is 2.21.